The number of halogens is 1. The molecular weight excluding hydrogens is 434 g/mol. The molecule has 2 heterocycles. The Balaban J connectivity index is 1.30. The van der Waals surface area contributed by atoms with E-state index in [-0.39, 0.29) is 18.7 Å². The topological polar surface area (TPSA) is 89.1 Å². The summed E-state index contributed by atoms with van der Waals surface area (Å²) in [5, 5.41) is 6.38. The van der Waals surface area contributed by atoms with Crippen LogP contribution in [0.25, 0.3) is 0 Å². The Labute approximate surface area is 191 Å². The van der Waals surface area contributed by atoms with Crippen LogP contribution in [0.15, 0.2) is 36.4 Å². The fraction of sp³-hybridized carbons (Fsp3) is 0.391. The van der Waals surface area contributed by atoms with Crippen molar-refractivity contribution in [3.05, 3.63) is 47.0 Å². The van der Waals surface area contributed by atoms with Gasteiger partial charge in [0.15, 0.2) is 11.5 Å². The lowest BCUT2D eigenvalue weighted by Crippen LogP contribution is -2.49. The Morgan fingerprint density at radius 3 is 2.62 bits per heavy atom. The van der Waals surface area contributed by atoms with Crippen LogP contribution >= 0.6 is 11.6 Å². The van der Waals surface area contributed by atoms with Crippen molar-refractivity contribution in [3.63, 3.8) is 0 Å². The molecule has 3 amide bonds. The zero-order valence-corrected chi connectivity index (χ0v) is 18.8. The number of rotatable bonds is 5. The van der Waals surface area contributed by atoms with Gasteiger partial charge < -0.3 is 29.7 Å². The molecule has 32 heavy (non-hydrogen) atoms. The van der Waals surface area contributed by atoms with Crippen LogP contribution in [0.3, 0.4) is 0 Å². The lowest BCUT2D eigenvalue weighted by atomic mass is 9.79. The van der Waals surface area contributed by atoms with Crippen LogP contribution in [0, 0.1) is 5.41 Å². The van der Waals surface area contributed by atoms with E-state index in [0.29, 0.717) is 60.4 Å². The van der Waals surface area contributed by atoms with Crippen molar-refractivity contribution in [2.75, 3.05) is 32.3 Å². The van der Waals surface area contributed by atoms with Gasteiger partial charge in [-0.25, -0.2) is 4.79 Å². The highest BCUT2D eigenvalue weighted by Gasteiger charge is 2.38. The molecule has 2 aliphatic rings. The molecule has 0 atom stereocenters. The Bertz CT molecular complexity index is 1020. The van der Waals surface area contributed by atoms with Crippen LogP contribution in [0.1, 0.15) is 25.3 Å². The minimum Gasteiger partial charge on any atom is -0.495 e. The number of benzene rings is 2. The first-order chi connectivity index (χ1) is 15.4. The molecule has 0 saturated carbocycles. The summed E-state index contributed by atoms with van der Waals surface area (Å²) in [6.07, 6.45) is 1.14. The summed E-state index contributed by atoms with van der Waals surface area (Å²) in [5.41, 5.74) is 0.916. The summed E-state index contributed by atoms with van der Waals surface area (Å²) < 4.78 is 16.0. The normalized spacial score (nSPS) is 16.4. The van der Waals surface area contributed by atoms with Gasteiger partial charge in [0, 0.05) is 30.1 Å². The van der Waals surface area contributed by atoms with Gasteiger partial charge in [-0.3, -0.25) is 4.79 Å². The number of nitrogens with zero attached hydrogens (tertiary/aromatic N) is 1. The third-order valence-electron chi connectivity index (χ3n) is 6.00. The lowest BCUT2D eigenvalue weighted by molar-refractivity contribution is -0.132. The van der Waals surface area contributed by atoms with Gasteiger partial charge in [0.05, 0.1) is 12.8 Å². The number of amides is 3. The number of hydrogen-bond donors (Lipinski definition) is 2. The molecule has 1 fully saturated rings. The van der Waals surface area contributed by atoms with Gasteiger partial charge in [0.1, 0.15) is 5.75 Å². The summed E-state index contributed by atoms with van der Waals surface area (Å²) >= 11 is 6.04. The molecule has 0 aromatic heterocycles. The quantitative estimate of drug-likeness (QED) is 0.704. The number of carbonyl (C=O) groups is 2. The van der Waals surface area contributed by atoms with Gasteiger partial charge in [0.25, 0.3) is 0 Å². The van der Waals surface area contributed by atoms with E-state index in [9.17, 15) is 9.59 Å². The zero-order valence-electron chi connectivity index (χ0n) is 18.1. The van der Waals surface area contributed by atoms with Crippen molar-refractivity contribution in [2.45, 2.75) is 26.3 Å². The third kappa shape index (κ3) is 4.70. The molecule has 0 aliphatic carbocycles. The summed E-state index contributed by atoms with van der Waals surface area (Å²) in [5.74, 6) is 1.92. The molecule has 0 spiro atoms. The highest BCUT2D eigenvalue weighted by atomic mass is 35.5. The molecular formula is C23H26ClN3O5. The highest BCUT2D eigenvalue weighted by molar-refractivity contribution is 6.31. The van der Waals surface area contributed by atoms with E-state index >= 15 is 0 Å². The minimum atomic E-state index is -0.541. The number of ether oxygens (including phenoxy) is 3. The number of carbonyl (C=O) groups excluding carboxylic acids is 2. The average Bonchev–Trinajstić information content (AvgIpc) is 3.26. The predicted octanol–water partition coefficient (Wildman–Crippen LogP) is 4.03. The van der Waals surface area contributed by atoms with Crippen molar-refractivity contribution in [3.8, 4) is 17.2 Å². The number of fused-ring (bicyclic) bond motifs is 1. The predicted molar refractivity (Wildman–Crippen MR) is 120 cm³/mol. The van der Waals surface area contributed by atoms with Crippen LogP contribution in [0.4, 0.5) is 10.5 Å². The fourth-order valence-electron chi connectivity index (χ4n) is 3.85. The second-order valence-corrected chi connectivity index (χ2v) is 8.63. The number of anilines is 1. The van der Waals surface area contributed by atoms with Crippen molar-refractivity contribution in [1.29, 1.82) is 0 Å². The van der Waals surface area contributed by atoms with Gasteiger partial charge in [-0.15, -0.1) is 0 Å². The van der Waals surface area contributed by atoms with Gasteiger partial charge in [-0.1, -0.05) is 24.6 Å². The van der Waals surface area contributed by atoms with E-state index in [1.165, 1.54) is 7.11 Å². The molecule has 0 unspecified atom stereocenters. The van der Waals surface area contributed by atoms with E-state index in [1.54, 1.807) is 23.1 Å². The highest BCUT2D eigenvalue weighted by Crippen LogP contribution is 2.34. The second kappa shape index (κ2) is 9.16. The van der Waals surface area contributed by atoms with E-state index in [1.807, 2.05) is 25.1 Å². The first-order valence-corrected chi connectivity index (χ1v) is 10.8. The van der Waals surface area contributed by atoms with Crippen LogP contribution in [0.5, 0.6) is 17.2 Å². The number of likely N-dealkylation sites (tertiary alicyclic amines) is 1. The molecule has 1 saturated heterocycles. The van der Waals surface area contributed by atoms with Crippen LogP contribution in [0.2, 0.25) is 5.02 Å². The van der Waals surface area contributed by atoms with Crippen LogP contribution in [-0.2, 0) is 11.3 Å². The first kappa shape index (κ1) is 22.1. The second-order valence-electron chi connectivity index (χ2n) is 8.19. The van der Waals surface area contributed by atoms with Crippen molar-refractivity contribution >= 4 is 29.2 Å². The molecule has 170 valence electrons. The molecule has 2 N–H and O–H groups in total. The maximum Gasteiger partial charge on any atom is 0.321 e. The number of nitrogens with one attached hydrogen (secondary N) is 2. The molecule has 2 aliphatic heterocycles. The fourth-order valence-corrected chi connectivity index (χ4v) is 4.02. The largest absolute Gasteiger partial charge is 0.495 e. The van der Waals surface area contributed by atoms with Gasteiger partial charge >= 0.3 is 6.03 Å². The van der Waals surface area contributed by atoms with Gasteiger partial charge in [-0.2, -0.15) is 0 Å². The number of methoxy groups -OCH3 is 1. The van der Waals surface area contributed by atoms with Crippen molar-refractivity contribution < 1.29 is 23.8 Å². The molecule has 4 rings (SSSR count). The molecule has 8 nitrogen and oxygen atoms in total. The molecule has 2 aromatic rings. The SMILES string of the molecule is COc1ccc(Cl)cc1NC(=O)N1CCC(C)(C(=O)NCc2ccc3c(c2)OCO3)CC1. The Morgan fingerprint density at radius 2 is 1.88 bits per heavy atom. The van der Waals surface area contributed by atoms with E-state index in [4.69, 9.17) is 25.8 Å². The lowest BCUT2D eigenvalue weighted by Gasteiger charge is -2.38. The monoisotopic (exact) mass is 459 g/mol. The minimum absolute atomic E-state index is 0.0215. The first-order valence-electron chi connectivity index (χ1n) is 10.4. The molecule has 2 aromatic carbocycles. The van der Waals surface area contributed by atoms with Crippen LogP contribution < -0.4 is 24.8 Å². The number of hydrogen-bond acceptors (Lipinski definition) is 5. The summed E-state index contributed by atoms with van der Waals surface area (Å²) in [6.45, 7) is 3.52. The van der Waals surface area contributed by atoms with Gasteiger partial charge in [0.2, 0.25) is 12.7 Å². The van der Waals surface area contributed by atoms with Crippen molar-refractivity contribution in [1.82, 2.24) is 10.2 Å². The standard InChI is InChI=1S/C23H26ClN3O5/c1-23(21(28)25-13-15-3-5-19-20(11-15)32-14-31-19)7-9-27(10-8-23)22(29)26-17-12-16(24)4-6-18(17)30-2/h3-6,11-12H,7-10,13-14H2,1-2H3,(H,25,28)(H,26,29). The number of piperidine rings is 1. The smallest absolute Gasteiger partial charge is 0.321 e. The van der Waals surface area contributed by atoms with E-state index < -0.39 is 5.41 Å². The van der Waals surface area contributed by atoms with Gasteiger partial charge in [-0.05, 0) is 48.7 Å². The third-order valence-corrected chi connectivity index (χ3v) is 6.23. The Hall–Kier alpha value is -3.13. The molecule has 0 bridgehead atoms. The Morgan fingerprint density at radius 1 is 1.12 bits per heavy atom. The Kier molecular flexibility index (Phi) is 6.32. The summed E-state index contributed by atoms with van der Waals surface area (Å²) in [4.78, 5) is 27.3. The molecule has 0 radical (unpaired) electrons. The maximum atomic E-state index is 12.9. The van der Waals surface area contributed by atoms with Crippen molar-refractivity contribution in [2.24, 2.45) is 5.41 Å². The summed E-state index contributed by atoms with van der Waals surface area (Å²) in [6, 6.07) is 10.4. The molecule has 9 heteroatoms. The van der Waals surface area contributed by atoms with Crippen LogP contribution in [-0.4, -0.2) is 43.8 Å². The average molecular weight is 460 g/mol. The van der Waals surface area contributed by atoms with E-state index in [2.05, 4.69) is 10.6 Å². The maximum absolute atomic E-state index is 12.9. The summed E-state index contributed by atoms with van der Waals surface area (Å²) in [7, 11) is 1.54. The zero-order chi connectivity index (χ0) is 22.7. The van der Waals surface area contributed by atoms with E-state index in [0.717, 1.165) is 5.56 Å². The number of urea groups is 1.